The molecule has 0 rings (SSSR count). The first-order valence-electron chi connectivity index (χ1n) is 3.63. The summed E-state index contributed by atoms with van der Waals surface area (Å²) in [7, 11) is -2.82. The van der Waals surface area contributed by atoms with Crippen molar-refractivity contribution in [1.82, 2.24) is 0 Å². The minimum absolute atomic E-state index is 0.0447. The maximum atomic E-state index is 10.9. The molecule has 0 heterocycles. The van der Waals surface area contributed by atoms with Crippen LogP contribution in [-0.4, -0.2) is 31.1 Å². The highest BCUT2D eigenvalue weighted by atomic mass is 79.9. The quantitative estimate of drug-likeness (QED) is 0.728. The van der Waals surface area contributed by atoms with Crippen LogP contribution < -0.4 is 0 Å². The molecule has 0 N–H and O–H groups in total. The number of rotatable bonds is 5. The maximum absolute atomic E-state index is 10.9. The lowest BCUT2D eigenvalue weighted by atomic mass is 9.93. The molecule has 0 aliphatic rings. The van der Waals surface area contributed by atoms with E-state index < -0.39 is 9.84 Å². The van der Waals surface area contributed by atoms with Gasteiger partial charge >= 0.3 is 0 Å². The summed E-state index contributed by atoms with van der Waals surface area (Å²) in [6, 6.07) is 0. The van der Waals surface area contributed by atoms with Crippen LogP contribution in [0.2, 0.25) is 0 Å². The summed E-state index contributed by atoms with van der Waals surface area (Å²) in [6.45, 7) is 2.06. The molecule has 5 heteroatoms. The number of hydrogen-bond acceptors (Lipinski definition) is 2. The van der Waals surface area contributed by atoms with E-state index >= 15 is 0 Å². The second-order valence-electron chi connectivity index (χ2n) is 3.46. The van der Waals surface area contributed by atoms with Crippen molar-refractivity contribution in [2.75, 3.05) is 22.7 Å². The third-order valence-corrected chi connectivity index (χ3v) is 5.37. The van der Waals surface area contributed by atoms with Crippen LogP contribution >= 0.6 is 31.9 Å². The maximum Gasteiger partial charge on any atom is 0.147 e. The van der Waals surface area contributed by atoms with Gasteiger partial charge in [-0.1, -0.05) is 38.8 Å². The van der Waals surface area contributed by atoms with Gasteiger partial charge in [0.15, 0.2) is 0 Å². The molecule has 0 aliphatic heterocycles. The molecule has 0 spiro atoms. The van der Waals surface area contributed by atoms with Crippen molar-refractivity contribution < 1.29 is 8.42 Å². The average molecular weight is 322 g/mol. The first kappa shape index (κ1) is 12.9. The van der Waals surface area contributed by atoms with Crippen LogP contribution in [0.1, 0.15) is 13.3 Å². The number of hydrogen-bond donors (Lipinski definition) is 0. The summed E-state index contributed by atoms with van der Waals surface area (Å²) in [5.74, 6) is 0.265. The zero-order chi connectivity index (χ0) is 9.83. The van der Waals surface area contributed by atoms with Crippen molar-refractivity contribution in [2.24, 2.45) is 5.41 Å². The van der Waals surface area contributed by atoms with Gasteiger partial charge in [-0.05, 0) is 11.8 Å². The van der Waals surface area contributed by atoms with E-state index in [1.807, 2.05) is 0 Å². The van der Waals surface area contributed by atoms with Crippen molar-refractivity contribution >= 4 is 41.7 Å². The van der Waals surface area contributed by atoms with Gasteiger partial charge < -0.3 is 0 Å². The van der Waals surface area contributed by atoms with E-state index in [0.717, 1.165) is 10.7 Å². The number of halogens is 2. The van der Waals surface area contributed by atoms with Gasteiger partial charge in [-0.2, -0.15) is 0 Å². The fraction of sp³-hybridized carbons (Fsp3) is 1.00. The molecule has 0 radical (unpaired) electrons. The van der Waals surface area contributed by atoms with E-state index in [1.54, 1.807) is 0 Å². The standard InChI is InChI=1S/C7H14Br2O2S/c1-7(5-8,6-9)3-4-12(2,10)11/h3-6H2,1-2H3. The second-order valence-corrected chi connectivity index (χ2v) is 6.84. The summed E-state index contributed by atoms with van der Waals surface area (Å²) >= 11 is 6.75. The van der Waals surface area contributed by atoms with Crippen molar-refractivity contribution in [1.29, 1.82) is 0 Å². The molecule has 0 atom stereocenters. The molecular formula is C7H14Br2O2S. The predicted octanol–water partition coefficient (Wildman–Crippen LogP) is 2.22. The molecule has 0 aromatic rings. The predicted molar refractivity (Wildman–Crippen MR) is 60.0 cm³/mol. The summed E-state index contributed by atoms with van der Waals surface area (Å²) in [4.78, 5) is 0. The first-order valence-corrected chi connectivity index (χ1v) is 7.93. The molecule has 0 aromatic heterocycles. The van der Waals surface area contributed by atoms with Gasteiger partial charge in [0.2, 0.25) is 0 Å². The van der Waals surface area contributed by atoms with E-state index in [2.05, 4.69) is 38.8 Å². The average Bonchev–Trinajstić information content (AvgIpc) is 1.99. The van der Waals surface area contributed by atoms with Gasteiger partial charge in [-0.15, -0.1) is 0 Å². The molecule has 0 bridgehead atoms. The topological polar surface area (TPSA) is 34.1 Å². The fourth-order valence-corrected chi connectivity index (χ4v) is 2.95. The zero-order valence-electron chi connectivity index (χ0n) is 7.31. The van der Waals surface area contributed by atoms with Crippen molar-refractivity contribution in [2.45, 2.75) is 13.3 Å². The number of alkyl halides is 2. The Morgan fingerprint density at radius 1 is 1.25 bits per heavy atom. The summed E-state index contributed by atoms with van der Waals surface area (Å²) in [5, 5.41) is 1.64. The Kier molecular flexibility index (Phi) is 5.33. The minimum atomic E-state index is -2.82. The highest BCUT2D eigenvalue weighted by molar-refractivity contribution is 9.09. The zero-order valence-corrected chi connectivity index (χ0v) is 11.3. The Hall–Kier alpha value is 0.910. The van der Waals surface area contributed by atoms with Crippen LogP contribution in [0.5, 0.6) is 0 Å². The molecular weight excluding hydrogens is 308 g/mol. The second kappa shape index (κ2) is 4.96. The largest absolute Gasteiger partial charge is 0.229 e. The lowest BCUT2D eigenvalue weighted by Crippen LogP contribution is -2.23. The Morgan fingerprint density at radius 2 is 1.67 bits per heavy atom. The first-order chi connectivity index (χ1) is 5.33. The van der Waals surface area contributed by atoms with E-state index in [1.165, 1.54) is 6.26 Å². The molecule has 0 saturated heterocycles. The van der Waals surface area contributed by atoms with Crippen molar-refractivity contribution in [3.63, 3.8) is 0 Å². The Balaban J connectivity index is 4.07. The lowest BCUT2D eigenvalue weighted by molar-refractivity contribution is 0.423. The molecule has 0 fully saturated rings. The molecule has 0 amide bonds. The molecule has 0 aromatic carbocycles. The molecule has 0 saturated carbocycles. The highest BCUT2D eigenvalue weighted by Crippen LogP contribution is 2.26. The van der Waals surface area contributed by atoms with Gasteiger partial charge in [-0.3, -0.25) is 0 Å². The molecule has 74 valence electrons. The molecule has 0 unspecified atom stereocenters. The Bertz CT molecular complexity index is 220. The van der Waals surface area contributed by atoms with Gasteiger partial charge in [0.1, 0.15) is 9.84 Å². The Morgan fingerprint density at radius 3 is 1.92 bits per heavy atom. The van der Waals surface area contributed by atoms with E-state index in [4.69, 9.17) is 0 Å². The van der Waals surface area contributed by atoms with E-state index in [-0.39, 0.29) is 11.2 Å². The highest BCUT2D eigenvalue weighted by Gasteiger charge is 2.22. The smallest absolute Gasteiger partial charge is 0.147 e. The van der Waals surface area contributed by atoms with Crippen molar-refractivity contribution in [3.8, 4) is 0 Å². The third-order valence-electron chi connectivity index (χ3n) is 1.72. The fourth-order valence-electron chi connectivity index (χ4n) is 0.601. The normalized spacial score (nSPS) is 13.3. The van der Waals surface area contributed by atoms with Crippen LogP contribution in [0.3, 0.4) is 0 Å². The van der Waals surface area contributed by atoms with E-state index in [0.29, 0.717) is 6.42 Å². The lowest BCUT2D eigenvalue weighted by Gasteiger charge is -2.23. The third kappa shape index (κ3) is 5.54. The Labute approximate surface area is 91.3 Å². The van der Waals surface area contributed by atoms with Crippen LogP contribution in [-0.2, 0) is 9.84 Å². The van der Waals surface area contributed by atoms with Gasteiger partial charge in [-0.25, -0.2) is 8.42 Å². The van der Waals surface area contributed by atoms with Crippen LogP contribution in [0.4, 0.5) is 0 Å². The summed E-state index contributed by atoms with van der Waals surface area (Å²) < 4.78 is 21.8. The van der Waals surface area contributed by atoms with Crippen LogP contribution in [0.15, 0.2) is 0 Å². The van der Waals surface area contributed by atoms with Crippen LogP contribution in [0.25, 0.3) is 0 Å². The van der Waals surface area contributed by atoms with Crippen LogP contribution in [0, 0.1) is 5.41 Å². The minimum Gasteiger partial charge on any atom is -0.229 e. The van der Waals surface area contributed by atoms with Crippen molar-refractivity contribution in [3.05, 3.63) is 0 Å². The van der Waals surface area contributed by atoms with E-state index in [9.17, 15) is 8.42 Å². The molecule has 0 aliphatic carbocycles. The SMILES string of the molecule is CC(CBr)(CBr)CCS(C)(=O)=O. The molecule has 2 nitrogen and oxygen atoms in total. The monoisotopic (exact) mass is 320 g/mol. The summed E-state index contributed by atoms with van der Waals surface area (Å²) in [6.07, 6.45) is 1.97. The molecule has 12 heavy (non-hydrogen) atoms. The van der Waals surface area contributed by atoms with Gasteiger partial charge in [0.25, 0.3) is 0 Å². The van der Waals surface area contributed by atoms with Gasteiger partial charge in [0.05, 0.1) is 5.75 Å². The van der Waals surface area contributed by atoms with Gasteiger partial charge in [0, 0.05) is 16.9 Å². The summed E-state index contributed by atoms with van der Waals surface area (Å²) in [5.41, 5.74) is 0.0447. The number of sulfone groups is 1.